The predicted molar refractivity (Wildman–Crippen MR) is 69.9 cm³/mol. The minimum absolute atomic E-state index is 0.294. The van der Waals surface area contributed by atoms with Gasteiger partial charge in [0.15, 0.2) is 0 Å². The van der Waals surface area contributed by atoms with Crippen molar-refractivity contribution in [3.05, 3.63) is 12.2 Å². The highest BCUT2D eigenvalue weighted by Gasteiger charge is 2.02. The molecule has 0 heterocycles. The van der Waals surface area contributed by atoms with Gasteiger partial charge in [-0.1, -0.05) is 19.9 Å². The minimum Gasteiger partial charge on any atom is -0.462 e. The Morgan fingerprint density at radius 2 is 1.88 bits per heavy atom. The van der Waals surface area contributed by atoms with E-state index in [1.807, 2.05) is 0 Å². The van der Waals surface area contributed by atoms with Gasteiger partial charge in [0.25, 0.3) is 0 Å². The minimum atomic E-state index is -0.294. The molecular formula is C14H26O3. The molecule has 17 heavy (non-hydrogen) atoms. The summed E-state index contributed by atoms with van der Waals surface area (Å²) in [6.07, 6.45) is 5.60. The molecule has 3 heteroatoms. The zero-order valence-corrected chi connectivity index (χ0v) is 11.5. The number of hydrogen-bond donors (Lipinski definition) is 0. The second kappa shape index (κ2) is 10.3. The van der Waals surface area contributed by atoms with E-state index in [2.05, 4.69) is 20.4 Å². The van der Waals surface area contributed by atoms with E-state index in [1.165, 1.54) is 0 Å². The lowest BCUT2D eigenvalue weighted by molar-refractivity contribution is -0.139. The van der Waals surface area contributed by atoms with Gasteiger partial charge in [-0.25, -0.2) is 4.79 Å². The Balaban J connectivity index is 3.24. The van der Waals surface area contributed by atoms with Crippen LogP contribution in [-0.4, -0.2) is 25.3 Å². The highest BCUT2D eigenvalue weighted by Crippen LogP contribution is 2.04. The number of rotatable bonds is 10. The lowest BCUT2D eigenvalue weighted by Crippen LogP contribution is -2.09. The van der Waals surface area contributed by atoms with Crippen LogP contribution >= 0.6 is 0 Å². The van der Waals surface area contributed by atoms with Crippen LogP contribution < -0.4 is 0 Å². The third-order valence-corrected chi connectivity index (χ3v) is 2.47. The number of ether oxygens (including phenoxy) is 2. The van der Waals surface area contributed by atoms with Crippen molar-refractivity contribution in [1.29, 1.82) is 0 Å². The zero-order chi connectivity index (χ0) is 13.1. The molecule has 0 N–H and O–H groups in total. The Bertz CT molecular complexity index is 224. The highest BCUT2D eigenvalue weighted by molar-refractivity contribution is 5.86. The third-order valence-electron chi connectivity index (χ3n) is 2.47. The molecule has 0 fully saturated rings. The van der Waals surface area contributed by atoms with Crippen molar-refractivity contribution in [2.45, 2.75) is 59.0 Å². The van der Waals surface area contributed by atoms with Gasteiger partial charge in [0.2, 0.25) is 0 Å². The van der Waals surface area contributed by atoms with Crippen molar-refractivity contribution in [2.24, 2.45) is 0 Å². The van der Waals surface area contributed by atoms with Crippen molar-refractivity contribution in [3.63, 3.8) is 0 Å². The summed E-state index contributed by atoms with van der Waals surface area (Å²) in [7, 11) is 0. The summed E-state index contributed by atoms with van der Waals surface area (Å²) in [4.78, 5) is 11.0. The monoisotopic (exact) mass is 242 g/mol. The molecule has 1 atom stereocenters. The number of carbonyl (C=O) groups is 1. The molecule has 0 aromatic rings. The van der Waals surface area contributed by atoms with Crippen LogP contribution in [-0.2, 0) is 14.3 Å². The molecule has 0 spiro atoms. The quantitative estimate of drug-likeness (QED) is 0.334. The molecule has 0 rings (SSSR count). The summed E-state index contributed by atoms with van der Waals surface area (Å²) in [6.45, 7) is 10.7. The van der Waals surface area contributed by atoms with E-state index in [0.29, 0.717) is 18.3 Å². The molecular weight excluding hydrogens is 216 g/mol. The maximum Gasteiger partial charge on any atom is 0.333 e. The van der Waals surface area contributed by atoms with Gasteiger partial charge in [0, 0.05) is 12.2 Å². The van der Waals surface area contributed by atoms with Gasteiger partial charge in [-0.05, 0) is 39.5 Å². The SMILES string of the molecule is C=C(C)C(=O)OCCCCCOC(C)CCC. The van der Waals surface area contributed by atoms with Crippen LogP contribution in [0.2, 0.25) is 0 Å². The molecule has 0 aromatic heterocycles. The molecule has 0 aliphatic rings. The van der Waals surface area contributed by atoms with E-state index < -0.39 is 0 Å². The number of esters is 1. The molecule has 0 aliphatic heterocycles. The lowest BCUT2D eigenvalue weighted by Gasteiger charge is -2.11. The van der Waals surface area contributed by atoms with Crippen molar-refractivity contribution >= 4 is 5.97 Å². The smallest absolute Gasteiger partial charge is 0.333 e. The molecule has 1 unspecified atom stereocenters. The average Bonchev–Trinajstić information content (AvgIpc) is 2.27. The molecule has 0 saturated carbocycles. The number of hydrogen-bond acceptors (Lipinski definition) is 3. The van der Waals surface area contributed by atoms with Crippen LogP contribution in [0.15, 0.2) is 12.2 Å². The maximum atomic E-state index is 11.0. The van der Waals surface area contributed by atoms with E-state index in [0.717, 1.165) is 38.7 Å². The summed E-state index contributed by atoms with van der Waals surface area (Å²) < 4.78 is 10.6. The van der Waals surface area contributed by atoms with Crippen LogP contribution in [0.3, 0.4) is 0 Å². The fourth-order valence-corrected chi connectivity index (χ4v) is 1.44. The van der Waals surface area contributed by atoms with Crippen molar-refractivity contribution in [2.75, 3.05) is 13.2 Å². The van der Waals surface area contributed by atoms with Gasteiger partial charge >= 0.3 is 5.97 Å². The summed E-state index contributed by atoms with van der Waals surface area (Å²) in [5, 5.41) is 0. The fourth-order valence-electron chi connectivity index (χ4n) is 1.44. The fraction of sp³-hybridized carbons (Fsp3) is 0.786. The summed E-state index contributed by atoms with van der Waals surface area (Å²) in [5.41, 5.74) is 0.460. The van der Waals surface area contributed by atoms with Crippen LogP contribution in [0, 0.1) is 0 Å². The zero-order valence-electron chi connectivity index (χ0n) is 11.5. The first kappa shape index (κ1) is 16.2. The molecule has 3 nitrogen and oxygen atoms in total. The summed E-state index contributed by atoms with van der Waals surface area (Å²) >= 11 is 0. The first-order valence-electron chi connectivity index (χ1n) is 6.52. The van der Waals surface area contributed by atoms with Crippen molar-refractivity contribution in [1.82, 2.24) is 0 Å². The molecule has 0 radical (unpaired) electrons. The predicted octanol–water partition coefficient (Wildman–Crippen LogP) is 3.48. The van der Waals surface area contributed by atoms with Crippen molar-refractivity contribution in [3.8, 4) is 0 Å². The van der Waals surface area contributed by atoms with Crippen LogP contribution in [0.1, 0.15) is 52.9 Å². The third kappa shape index (κ3) is 10.1. The van der Waals surface area contributed by atoms with E-state index in [4.69, 9.17) is 9.47 Å². The summed E-state index contributed by atoms with van der Waals surface area (Å²) in [6, 6.07) is 0. The Kier molecular flexibility index (Phi) is 9.83. The van der Waals surface area contributed by atoms with Crippen LogP contribution in [0.4, 0.5) is 0 Å². The Morgan fingerprint density at radius 3 is 2.47 bits per heavy atom. The van der Waals surface area contributed by atoms with Crippen molar-refractivity contribution < 1.29 is 14.3 Å². The Labute approximate surface area is 105 Å². The lowest BCUT2D eigenvalue weighted by atomic mass is 10.2. The van der Waals surface area contributed by atoms with Gasteiger partial charge in [0.05, 0.1) is 12.7 Å². The Hall–Kier alpha value is -0.830. The average molecular weight is 242 g/mol. The second-order valence-electron chi connectivity index (χ2n) is 4.45. The van der Waals surface area contributed by atoms with E-state index in [9.17, 15) is 4.79 Å². The molecule has 0 aromatic carbocycles. The first-order chi connectivity index (χ1) is 8.07. The van der Waals surface area contributed by atoms with Crippen LogP contribution in [0.5, 0.6) is 0 Å². The van der Waals surface area contributed by atoms with E-state index in [-0.39, 0.29) is 5.97 Å². The van der Waals surface area contributed by atoms with E-state index >= 15 is 0 Å². The number of carbonyl (C=O) groups excluding carboxylic acids is 1. The molecule has 0 saturated heterocycles. The molecule has 0 amide bonds. The van der Waals surface area contributed by atoms with Gasteiger partial charge in [0.1, 0.15) is 0 Å². The van der Waals surface area contributed by atoms with Gasteiger partial charge in [-0.15, -0.1) is 0 Å². The highest BCUT2D eigenvalue weighted by atomic mass is 16.5. The van der Waals surface area contributed by atoms with E-state index in [1.54, 1.807) is 6.92 Å². The molecule has 0 aliphatic carbocycles. The largest absolute Gasteiger partial charge is 0.462 e. The Morgan fingerprint density at radius 1 is 1.24 bits per heavy atom. The first-order valence-corrected chi connectivity index (χ1v) is 6.52. The topological polar surface area (TPSA) is 35.5 Å². The van der Waals surface area contributed by atoms with Gasteiger partial charge in [-0.3, -0.25) is 0 Å². The second-order valence-corrected chi connectivity index (χ2v) is 4.45. The molecule has 0 bridgehead atoms. The van der Waals surface area contributed by atoms with Gasteiger partial charge in [-0.2, -0.15) is 0 Å². The normalized spacial score (nSPS) is 12.2. The molecule has 100 valence electrons. The van der Waals surface area contributed by atoms with Gasteiger partial charge < -0.3 is 9.47 Å². The van der Waals surface area contributed by atoms with Crippen LogP contribution in [0.25, 0.3) is 0 Å². The number of unbranched alkanes of at least 4 members (excludes halogenated alkanes) is 2. The summed E-state index contributed by atoms with van der Waals surface area (Å²) in [5.74, 6) is -0.294. The standard InChI is InChI=1S/C14H26O3/c1-5-9-13(4)16-10-7-6-8-11-17-14(15)12(2)3/h13H,2,5-11H2,1,3-4H3. The maximum absolute atomic E-state index is 11.0.